The third kappa shape index (κ3) is 3.75. The Morgan fingerprint density at radius 3 is 2.46 bits per heavy atom. The highest BCUT2D eigenvalue weighted by Crippen LogP contribution is 2.31. The molecule has 8 heteroatoms. The van der Waals surface area contributed by atoms with E-state index in [2.05, 4.69) is 15.0 Å². The fourth-order valence-electron chi connectivity index (χ4n) is 2.28. The van der Waals surface area contributed by atoms with Crippen LogP contribution in [0.15, 0.2) is 48.8 Å². The third-order valence-electron chi connectivity index (χ3n) is 3.63. The maximum atomic E-state index is 12.6. The number of carbonyl (C=O) groups is 2. The molecule has 0 fully saturated rings. The van der Waals surface area contributed by atoms with Crippen molar-refractivity contribution in [2.24, 2.45) is 0 Å². The van der Waals surface area contributed by atoms with Crippen molar-refractivity contribution in [1.29, 1.82) is 0 Å². The number of nitrogens with one attached hydrogen (secondary N) is 1. The molecular formula is C18H17N3O4S. The van der Waals surface area contributed by atoms with Crippen LogP contribution in [-0.2, 0) is 9.53 Å². The summed E-state index contributed by atoms with van der Waals surface area (Å²) in [6, 6.07) is 11.0. The minimum atomic E-state index is -0.514. The van der Waals surface area contributed by atoms with E-state index in [-0.39, 0.29) is 12.5 Å². The van der Waals surface area contributed by atoms with E-state index in [0.717, 1.165) is 5.56 Å². The molecule has 0 atom stereocenters. The number of hydrogen-bond donors (Lipinski definition) is 1. The predicted octanol–water partition coefficient (Wildman–Crippen LogP) is 2.51. The highest BCUT2D eigenvalue weighted by Gasteiger charge is 2.21. The summed E-state index contributed by atoms with van der Waals surface area (Å²) in [5.74, 6) is -0.178. The molecule has 0 aliphatic carbocycles. The van der Waals surface area contributed by atoms with Gasteiger partial charge in [0.2, 0.25) is 0 Å². The Kier molecular flexibility index (Phi) is 5.33. The molecule has 0 saturated carbocycles. The third-order valence-corrected chi connectivity index (χ3v) is 4.70. The quantitative estimate of drug-likeness (QED) is 0.673. The zero-order valence-corrected chi connectivity index (χ0v) is 15.1. The molecule has 0 spiro atoms. The van der Waals surface area contributed by atoms with E-state index in [9.17, 15) is 9.59 Å². The van der Waals surface area contributed by atoms with Gasteiger partial charge >= 0.3 is 5.97 Å². The van der Waals surface area contributed by atoms with Gasteiger partial charge in [0.15, 0.2) is 5.13 Å². The van der Waals surface area contributed by atoms with Crippen LogP contribution in [0.25, 0.3) is 16.4 Å². The van der Waals surface area contributed by atoms with Gasteiger partial charge in [-0.05, 0) is 36.4 Å². The maximum absolute atomic E-state index is 12.6. The predicted molar refractivity (Wildman–Crippen MR) is 97.8 cm³/mol. The number of nitrogens with zero attached hydrogens (tertiary/aromatic N) is 2. The van der Waals surface area contributed by atoms with Crippen molar-refractivity contribution in [3.05, 3.63) is 53.7 Å². The number of benzene rings is 1. The first-order chi connectivity index (χ1) is 12.6. The highest BCUT2D eigenvalue weighted by atomic mass is 32.1. The van der Waals surface area contributed by atoms with Crippen LogP contribution in [0, 0.1) is 0 Å². The topological polar surface area (TPSA) is 82.5 Å². The molecule has 1 aromatic carbocycles. The maximum Gasteiger partial charge on any atom is 0.325 e. The van der Waals surface area contributed by atoms with Crippen molar-refractivity contribution in [2.75, 3.05) is 20.8 Å². The molecular weight excluding hydrogens is 354 g/mol. The highest BCUT2D eigenvalue weighted by molar-refractivity contribution is 7.16. The van der Waals surface area contributed by atoms with Crippen molar-refractivity contribution in [3.8, 4) is 22.1 Å². The van der Waals surface area contributed by atoms with E-state index < -0.39 is 5.97 Å². The minimum absolute atomic E-state index is 0.200. The summed E-state index contributed by atoms with van der Waals surface area (Å²) in [7, 11) is 2.86. The molecule has 134 valence electrons. The molecule has 0 aliphatic heterocycles. The number of esters is 1. The number of carbonyl (C=O) groups excluding carboxylic acids is 2. The molecule has 1 N–H and O–H groups in total. The molecule has 3 aromatic rings. The average molecular weight is 371 g/mol. The molecule has 0 aliphatic rings. The van der Waals surface area contributed by atoms with Gasteiger partial charge in [-0.25, -0.2) is 4.98 Å². The molecule has 0 saturated heterocycles. The minimum Gasteiger partial charge on any atom is -0.497 e. The van der Waals surface area contributed by atoms with Gasteiger partial charge < -0.3 is 19.4 Å². The molecule has 3 rings (SSSR count). The van der Waals surface area contributed by atoms with Crippen LogP contribution in [0.4, 0.5) is 0 Å². The van der Waals surface area contributed by atoms with Gasteiger partial charge in [-0.2, -0.15) is 0 Å². The zero-order valence-electron chi connectivity index (χ0n) is 14.3. The number of ether oxygens (including phenoxy) is 2. The monoisotopic (exact) mass is 371 g/mol. The summed E-state index contributed by atoms with van der Waals surface area (Å²) < 4.78 is 11.6. The van der Waals surface area contributed by atoms with Crippen molar-refractivity contribution in [3.63, 3.8) is 0 Å². The summed E-state index contributed by atoms with van der Waals surface area (Å²) in [4.78, 5) is 28.9. The van der Waals surface area contributed by atoms with Gasteiger partial charge in [0, 0.05) is 18.0 Å². The van der Waals surface area contributed by atoms with Crippen LogP contribution in [0.1, 0.15) is 9.67 Å². The number of aromatic nitrogens is 2. The van der Waals surface area contributed by atoms with E-state index in [4.69, 9.17) is 4.74 Å². The summed E-state index contributed by atoms with van der Waals surface area (Å²) in [5, 5.41) is 3.22. The summed E-state index contributed by atoms with van der Waals surface area (Å²) in [6.07, 6.45) is 3.71. The number of hydrogen-bond acceptors (Lipinski definition) is 6. The average Bonchev–Trinajstić information content (AvgIpc) is 3.35. The molecule has 1 amide bonds. The standard InChI is InChI=1S/C18H17N3O4S/c1-24-13-7-5-12(6-8-13)15-16(17(23)19-11-14(22)25-2)26-18(20-15)21-9-3-4-10-21/h3-10H,11H2,1-2H3,(H,19,23). The summed E-state index contributed by atoms with van der Waals surface area (Å²) in [5.41, 5.74) is 1.33. The Hall–Kier alpha value is -3.13. The largest absolute Gasteiger partial charge is 0.497 e. The van der Waals surface area contributed by atoms with Crippen LogP contribution >= 0.6 is 11.3 Å². The van der Waals surface area contributed by atoms with E-state index in [1.807, 2.05) is 41.2 Å². The van der Waals surface area contributed by atoms with Crippen LogP contribution in [0.5, 0.6) is 5.75 Å². The number of methoxy groups -OCH3 is 2. The Balaban J connectivity index is 1.97. The second-order valence-electron chi connectivity index (χ2n) is 5.25. The first kappa shape index (κ1) is 17.7. The number of thiazole rings is 1. The second-order valence-corrected chi connectivity index (χ2v) is 6.23. The lowest BCUT2D eigenvalue weighted by Crippen LogP contribution is -2.29. The van der Waals surface area contributed by atoms with Crippen molar-refractivity contribution >= 4 is 23.2 Å². The van der Waals surface area contributed by atoms with Crippen LogP contribution < -0.4 is 10.1 Å². The van der Waals surface area contributed by atoms with Crippen LogP contribution in [0.3, 0.4) is 0 Å². The van der Waals surface area contributed by atoms with Crippen molar-refractivity contribution in [1.82, 2.24) is 14.9 Å². The molecule has 2 heterocycles. The van der Waals surface area contributed by atoms with E-state index in [0.29, 0.717) is 21.5 Å². The van der Waals surface area contributed by atoms with E-state index >= 15 is 0 Å². The SMILES string of the molecule is COC(=O)CNC(=O)c1sc(-n2cccc2)nc1-c1ccc(OC)cc1. The first-order valence-electron chi connectivity index (χ1n) is 7.76. The number of amides is 1. The van der Waals surface area contributed by atoms with Crippen LogP contribution in [0.2, 0.25) is 0 Å². The normalized spacial score (nSPS) is 10.4. The van der Waals surface area contributed by atoms with Gasteiger partial charge in [0.05, 0.1) is 19.9 Å². The smallest absolute Gasteiger partial charge is 0.325 e. The lowest BCUT2D eigenvalue weighted by Gasteiger charge is -2.05. The Morgan fingerprint density at radius 1 is 1.15 bits per heavy atom. The lowest BCUT2D eigenvalue weighted by atomic mass is 10.1. The molecule has 26 heavy (non-hydrogen) atoms. The molecule has 0 bridgehead atoms. The van der Waals surface area contributed by atoms with Gasteiger partial charge in [-0.15, -0.1) is 0 Å². The zero-order chi connectivity index (χ0) is 18.5. The van der Waals surface area contributed by atoms with Gasteiger partial charge in [0.1, 0.15) is 17.2 Å². The lowest BCUT2D eigenvalue weighted by molar-refractivity contribution is -0.139. The molecule has 7 nitrogen and oxygen atoms in total. The Labute approximate surface area is 154 Å². The molecule has 0 radical (unpaired) electrons. The molecule has 0 unspecified atom stereocenters. The van der Waals surface area contributed by atoms with E-state index in [1.165, 1.54) is 18.4 Å². The Morgan fingerprint density at radius 2 is 1.85 bits per heavy atom. The van der Waals surface area contributed by atoms with Gasteiger partial charge in [-0.3, -0.25) is 9.59 Å². The fraction of sp³-hybridized carbons (Fsp3) is 0.167. The molecule has 2 aromatic heterocycles. The van der Waals surface area contributed by atoms with Gasteiger partial charge in [0.25, 0.3) is 5.91 Å². The van der Waals surface area contributed by atoms with Crippen molar-refractivity contribution < 1.29 is 19.1 Å². The summed E-state index contributed by atoms with van der Waals surface area (Å²) >= 11 is 1.25. The fourth-order valence-corrected chi connectivity index (χ4v) is 3.26. The number of rotatable bonds is 6. The second kappa shape index (κ2) is 7.83. The Bertz CT molecular complexity index is 901. The van der Waals surface area contributed by atoms with Gasteiger partial charge in [-0.1, -0.05) is 11.3 Å². The first-order valence-corrected chi connectivity index (χ1v) is 8.57. The van der Waals surface area contributed by atoms with Crippen LogP contribution in [-0.4, -0.2) is 42.2 Å². The van der Waals surface area contributed by atoms with Crippen molar-refractivity contribution in [2.45, 2.75) is 0 Å². The van der Waals surface area contributed by atoms with E-state index in [1.54, 1.807) is 19.2 Å². The summed E-state index contributed by atoms with van der Waals surface area (Å²) in [6.45, 7) is -0.200.